The molecule has 1 aliphatic heterocycles. The van der Waals surface area contributed by atoms with Crippen LogP contribution in [0.3, 0.4) is 0 Å². The Morgan fingerprint density at radius 2 is 1.21 bits per heavy atom. The van der Waals surface area contributed by atoms with Crippen LogP contribution in [0.2, 0.25) is 0 Å². The third-order valence-corrected chi connectivity index (χ3v) is 11.8. The second kappa shape index (κ2) is 30.8. The zero-order chi connectivity index (χ0) is 52.7. The van der Waals surface area contributed by atoms with E-state index in [2.05, 4.69) is 37.2 Å². The molecular weight excluding hydrogens is 913 g/mol. The van der Waals surface area contributed by atoms with Crippen LogP contribution in [-0.2, 0) is 54.4 Å². The SMILES string of the molecule is CC(=O)C[C@H](C(=O)N[C@H](CO)C(=O)C[C@H]1CCNC(=O)[C@H]([C@@H](C)O)NC(=O)[C@H](CCN)NC(=O)[C@H](CCN)NC(=O)[C@H](CC(C)C)NC(=O)[C@@H](Cc2ccccc2)CC(=O)[C@H](CCN)NC1=O)[C@@H](C)O. The van der Waals surface area contributed by atoms with Gasteiger partial charge in [-0.3, -0.25) is 43.2 Å². The molecule has 0 unspecified atom stereocenters. The van der Waals surface area contributed by atoms with Crippen LogP contribution in [0.5, 0.6) is 0 Å². The summed E-state index contributed by atoms with van der Waals surface area (Å²) in [5, 5.41) is 48.9. The number of benzene rings is 1. The number of nitrogens with two attached hydrogens (primary N) is 3. The highest BCUT2D eigenvalue weighted by atomic mass is 16.3. The van der Waals surface area contributed by atoms with Gasteiger partial charge in [0.25, 0.3) is 0 Å². The molecule has 0 aromatic heterocycles. The lowest BCUT2D eigenvalue weighted by Crippen LogP contribution is -2.60. The highest BCUT2D eigenvalue weighted by Gasteiger charge is 2.37. The minimum Gasteiger partial charge on any atom is -0.394 e. The number of aliphatic hydroxyl groups is 3. The van der Waals surface area contributed by atoms with E-state index >= 15 is 0 Å². The number of rotatable bonds is 20. The lowest BCUT2D eigenvalue weighted by atomic mass is 9.89. The number of carbonyl (C=O) groups is 10. The normalized spacial score (nSPS) is 24.6. The molecule has 1 heterocycles. The van der Waals surface area contributed by atoms with E-state index < -0.39 is 144 Å². The van der Waals surface area contributed by atoms with E-state index in [1.54, 1.807) is 44.2 Å². The summed E-state index contributed by atoms with van der Waals surface area (Å²) in [6.45, 7) is 5.65. The molecule has 1 aromatic carbocycles. The Bertz CT molecular complexity index is 1940. The first-order valence-electron chi connectivity index (χ1n) is 23.8. The summed E-state index contributed by atoms with van der Waals surface area (Å²) in [5.41, 5.74) is 18.2. The van der Waals surface area contributed by atoms with Crippen molar-refractivity contribution in [2.45, 2.75) is 141 Å². The Hall–Kier alpha value is -5.72. The maximum Gasteiger partial charge on any atom is 0.245 e. The summed E-state index contributed by atoms with van der Waals surface area (Å²) in [4.78, 5) is 137. The molecule has 23 nitrogen and oxygen atoms in total. The van der Waals surface area contributed by atoms with Gasteiger partial charge in [-0.25, -0.2) is 0 Å². The lowest BCUT2D eigenvalue weighted by molar-refractivity contribution is -0.137. The van der Waals surface area contributed by atoms with Crippen LogP contribution >= 0.6 is 0 Å². The number of Topliss-reactive ketones (excluding diaryl/α,β-unsaturated/α-hetero) is 3. The highest BCUT2D eigenvalue weighted by Crippen LogP contribution is 2.19. The van der Waals surface area contributed by atoms with Crippen LogP contribution in [0.1, 0.15) is 91.5 Å². The first-order chi connectivity index (χ1) is 33.1. The first kappa shape index (κ1) is 60.4. The van der Waals surface area contributed by atoms with Gasteiger partial charge in [-0.05, 0) is 90.4 Å². The van der Waals surface area contributed by atoms with Crippen LogP contribution in [0.15, 0.2) is 30.3 Å². The predicted octanol–water partition coefficient (Wildman–Crippen LogP) is -3.75. The van der Waals surface area contributed by atoms with Crippen LogP contribution in [0, 0.1) is 23.7 Å². The Balaban J connectivity index is 2.73. The van der Waals surface area contributed by atoms with Crippen LogP contribution < -0.4 is 54.4 Å². The monoisotopic (exact) mass is 989 g/mol. The molecule has 70 heavy (non-hydrogen) atoms. The maximum absolute atomic E-state index is 14.3. The summed E-state index contributed by atoms with van der Waals surface area (Å²) in [7, 11) is 0. The zero-order valence-electron chi connectivity index (χ0n) is 40.9. The molecule has 0 aliphatic carbocycles. The fraction of sp³-hybridized carbons (Fsp3) is 0.660. The van der Waals surface area contributed by atoms with Crippen molar-refractivity contribution in [2.75, 3.05) is 32.8 Å². The maximum atomic E-state index is 14.3. The summed E-state index contributed by atoms with van der Waals surface area (Å²) >= 11 is 0. The van der Waals surface area contributed by atoms with E-state index in [4.69, 9.17) is 17.2 Å². The van der Waals surface area contributed by atoms with Crippen molar-refractivity contribution in [3.8, 4) is 0 Å². The Morgan fingerprint density at radius 1 is 0.700 bits per heavy atom. The van der Waals surface area contributed by atoms with Gasteiger partial charge < -0.3 is 74.5 Å². The number of ketones is 3. The number of amides is 7. The first-order valence-corrected chi connectivity index (χ1v) is 23.8. The van der Waals surface area contributed by atoms with Gasteiger partial charge in [0.1, 0.15) is 36.0 Å². The number of carbonyl (C=O) groups excluding carboxylic acids is 10. The molecular formula is C47H76N10O13. The van der Waals surface area contributed by atoms with Gasteiger partial charge in [0.05, 0.1) is 30.8 Å². The summed E-state index contributed by atoms with van der Waals surface area (Å²) in [6, 6.07) is 0.211. The van der Waals surface area contributed by atoms with Gasteiger partial charge in [-0.15, -0.1) is 0 Å². The minimum absolute atomic E-state index is 0.0153. The molecule has 0 saturated carbocycles. The van der Waals surface area contributed by atoms with Gasteiger partial charge in [-0.1, -0.05) is 44.2 Å². The molecule has 7 amide bonds. The van der Waals surface area contributed by atoms with Gasteiger partial charge in [0.15, 0.2) is 11.6 Å². The van der Waals surface area contributed by atoms with Crippen molar-refractivity contribution in [1.29, 1.82) is 0 Å². The molecule has 1 aromatic rings. The smallest absolute Gasteiger partial charge is 0.245 e. The van der Waals surface area contributed by atoms with Crippen LogP contribution in [0.25, 0.3) is 0 Å². The molecule has 0 radical (unpaired) electrons. The topological polar surface area (TPSA) is 394 Å². The van der Waals surface area contributed by atoms with E-state index in [0.29, 0.717) is 5.56 Å². The van der Waals surface area contributed by atoms with Crippen molar-refractivity contribution < 1.29 is 63.3 Å². The second-order valence-corrected chi connectivity index (χ2v) is 18.3. The van der Waals surface area contributed by atoms with E-state index in [1.165, 1.54) is 20.8 Å². The average molecular weight is 989 g/mol. The number of hydrogen-bond acceptors (Lipinski definition) is 16. The van der Waals surface area contributed by atoms with Gasteiger partial charge in [0, 0.05) is 37.6 Å². The number of nitrogens with one attached hydrogen (secondary N) is 7. The molecule has 0 spiro atoms. The number of hydrogen-bond donors (Lipinski definition) is 13. The Morgan fingerprint density at radius 3 is 1.73 bits per heavy atom. The largest absolute Gasteiger partial charge is 0.394 e. The van der Waals surface area contributed by atoms with E-state index in [9.17, 15) is 63.3 Å². The van der Waals surface area contributed by atoms with E-state index in [-0.39, 0.29) is 77.0 Å². The van der Waals surface area contributed by atoms with Crippen molar-refractivity contribution in [3.05, 3.63) is 35.9 Å². The van der Waals surface area contributed by atoms with E-state index in [1.807, 2.05) is 0 Å². The highest BCUT2D eigenvalue weighted by molar-refractivity contribution is 5.98. The zero-order valence-corrected chi connectivity index (χ0v) is 40.9. The van der Waals surface area contributed by atoms with Crippen LogP contribution in [0.4, 0.5) is 0 Å². The molecule has 23 heteroatoms. The van der Waals surface area contributed by atoms with Crippen LogP contribution in [-0.4, -0.2) is 155 Å². The van der Waals surface area contributed by atoms with Gasteiger partial charge in [-0.2, -0.15) is 0 Å². The average Bonchev–Trinajstić information content (AvgIpc) is 3.29. The molecule has 1 fully saturated rings. The fourth-order valence-corrected chi connectivity index (χ4v) is 7.87. The standard InChI is InChI=1S/C47H76N10O13/c1-25(2)19-36-46(69)54-34(12-16-49)44(67)53-35(13-17-50)45(68)57-40(28(5)61)47(70)51-18-14-30(22-39(63)37(24-58)56-43(66)32(27(4)60)20-26(3)59)41(64)52-33(11-15-48)38(62)23-31(42(65)55-36)21-29-9-7-6-8-10-29/h6-10,25,27-28,30-37,40,58,60-61H,11-24,48-50H2,1-5H3,(H,51,70)(H,52,64)(H,53,67)(H,54,69)(H,55,65)(H,56,66)(H,57,68)/t27-,28-,30-,31+,32+,33+,34+,35+,36+,37-,40+/m1/s1. The minimum atomic E-state index is -1.64. The van der Waals surface area contributed by atoms with E-state index in [0.717, 1.165) is 0 Å². The fourth-order valence-electron chi connectivity index (χ4n) is 7.87. The lowest BCUT2D eigenvalue weighted by Gasteiger charge is -2.28. The summed E-state index contributed by atoms with van der Waals surface area (Å²) in [6.07, 6.45) is -4.96. The Labute approximate surface area is 408 Å². The molecule has 0 bridgehead atoms. The van der Waals surface area contributed by atoms with Crippen molar-refractivity contribution >= 4 is 58.7 Å². The molecule has 2 rings (SSSR count). The Kier molecular flexibility index (Phi) is 26.6. The van der Waals surface area contributed by atoms with Gasteiger partial charge in [0.2, 0.25) is 41.4 Å². The third-order valence-electron chi connectivity index (χ3n) is 11.8. The van der Waals surface area contributed by atoms with Crippen molar-refractivity contribution in [2.24, 2.45) is 40.9 Å². The van der Waals surface area contributed by atoms with Crippen molar-refractivity contribution in [1.82, 2.24) is 37.2 Å². The molecule has 16 N–H and O–H groups in total. The third kappa shape index (κ3) is 20.3. The second-order valence-electron chi connectivity index (χ2n) is 18.3. The molecule has 392 valence electrons. The quantitative estimate of drug-likeness (QED) is 0.0597. The van der Waals surface area contributed by atoms with Gasteiger partial charge >= 0.3 is 0 Å². The molecule has 1 aliphatic rings. The van der Waals surface area contributed by atoms with Crippen molar-refractivity contribution in [3.63, 3.8) is 0 Å². The molecule has 11 atom stereocenters. The summed E-state index contributed by atoms with van der Waals surface area (Å²) < 4.78 is 0. The summed E-state index contributed by atoms with van der Waals surface area (Å²) in [5.74, 6) is -11.9. The molecule has 1 saturated heterocycles. The predicted molar refractivity (Wildman–Crippen MR) is 255 cm³/mol. The number of aliphatic hydroxyl groups excluding tert-OH is 3.